The second-order valence-corrected chi connectivity index (χ2v) is 3.79. The number of carbonyl (C=O) groups is 1. The lowest BCUT2D eigenvalue weighted by Gasteiger charge is -2.09. The van der Waals surface area contributed by atoms with E-state index in [1.54, 1.807) is 0 Å². The van der Waals surface area contributed by atoms with Gasteiger partial charge in [-0.15, -0.1) is 0 Å². The summed E-state index contributed by atoms with van der Waals surface area (Å²) in [5, 5.41) is 0. The number of hydrogen-bond acceptors (Lipinski definition) is 2. The van der Waals surface area contributed by atoms with Crippen molar-refractivity contribution in [2.45, 2.75) is 59.8 Å². The molecule has 88 valence electrons. The minimum Gasteiger partial charge on any atom is -0.463 e. The van der Waals surface area contributed by atoms with Gasteiger partial charge >= 0.3 is 5.97 Å². The SMILES string of the molecule is CCCCCC(C)=C(CC)C(=O)OCC. The normalized spacial score (nSPS) is 12.3. The molecule has 0 bridgehead atoms. The fourth-order valence-corrected chi connectivity index (χ4v) is 1.63. The molecule has 2 heteroatoms. The van der Waals surface area contributed by atoms with Gasteiger partial charge in [0.25, 0.3) is 0 Å². The second-order valence-electron chi connectivity index (χ2n) is 3.79. The highest BCUT2D eigenvalue weighted by atomic mass is 16.5. The van der Waals surface area contributed by atoms with Crippen LogP contribution in [0.25, 0.3) is 0 Å². The van der Waals surface area contributed by atoms with Crippen LogP contribution in [0.3, 0.4) is 0 Å². The average Bonchev–Trinajstić information content (AvgIpc) is 2.19. The number of esters is 1. The third-order valence-corrected chi connectivity index (χ3v) is 2.55. The molecular formula is C13H24O2. The lowest BCUT2D eigenvalue weighted by molar-refractivity contribution is -0.138. The molecule has 0 aromatic rings. The van der Waals surface area contributed by atoms with Gasteiger partial charge in [0, 0.05) is 5.57 Å². The molecule has 0 N–H and O–H groups in total. The van der Waals surface area contributed by atoms with E-state index in [1.165, 1.54) is 24.8 Å². The van der Waals surface area contributed by atoms with Crippen LogP contribution in [-0.4, -0.2) is 12.6 Å². The standard InChI is InChI=1S/C13H24O2/c1-5-8-9-10-11(4)12(6-2)13(14)15-7-3/h5-10H2,1-4H3. The molecule has 0 aromatic carbocycles. The first-order chi connectivity index (χ1) is 7.17. The molecule has 0 unspecified atom stereocenters. The zero-order valence-corrected chi connectivity index (χ0v) is 10.6. The van der Waals surface area contributed by atoms with Gasteiger partial charge in [0.15, 0.2) is 0 Å². The van der Waals surface area contributed by atoms with Crippen LogP contribution < -0.4 is 0 Å². The minimum absolute atomic E-state index is 0.131. The van der Waals surface area contributed by atoms with Crippen LogP contribution in [-0.2, 0) is 9.53 Å². The van der Waals surface area contributed by atoms with E-state index in [9.17, 15) is 4.79 Å². The van der Waals surface area contributed by atoms with Crippen molar-refractivity contribution >= 4 is 5.97 Å². The quantitative estimate of drug-likeness (QED) is 0.364. The molecule has 0 fully saturated rings. The molecular weight excluding hydrogens is 188 g/mol. The number of carbonyl (C=O) groups excluding carboxylic acids is 1. The maximum atomic E-state index is 11.6. The Kier molecular flexibility index (Phi) is 8.06. The molecule has 0 aliphatic rings. The Balaban J connectivity index is 4.31. The Labute approximate surface area is 93.7 Å². The summed E-state index contributed by atoms with van der Waals surface area (Å²) in [6, 6.07) is 0. The topological polar surface area (TPSA) is 26.3 Å². The van der Waals surface area contributed by atoms with Crippen molar-refractivity contribution in [3.05, 3.63) is 11.1 Å². The number of unbranched alkanes of at least 4 members (excludes halogenated alkanes) is 2. The monoisotopic (exact) mass is 212 g/mol. The van der Waals surface area contributed by atoms with Crippen LogP contribution in [0, 0.1) is 0 Å². The van der Waals surface area contributed by atoms with Crippen LogP contribution in [0.1, 0.15) is 59.8 Å². The van der Waals surface area contributed by atoms with Gasteiger partial charge in [0.05, 0.1) is 6.61 Å². The first-order valence-electron chi connectivity index (χ1n) is 6.03. The predicted octanol–water partition coefficient (Wildman–Crippen LogP) is 3.86. The van der Waals surface area contributed by atoms with Crippen LogP contribution in [0.5, 0.6) is 0 Å². The molecule has 0 atom stereocenters. The van der Waals surface area contributed by atoms with E-state index in [-0.39, 0.29) is 5.97 Å². The van der Waals surface area contributed by atoms with Gasteiger partial charge < -0.3 is 4.74 Å². The maximum Gasteiger partial charge on any atom is 0.333 e. The van der Waals surface area contributed by atoms with Crippen molar-refractivity contribution in [1.29, 1.82) is 0 Å². The molecule has 0 rings (SSSR count). The van der Waals surface area contributed by atoms with Gasteiger partial charge in [0.2, 0.25) is 0 Å². The molecule has 0 aliphatic heterocycles. The Morgan fingerprint density at radius 2 is 1.80 bits per heavy atom. The zero-order chi connectivity index (χ0) is 11.7. The minimum atomic E-state index is -0.131. The summed E-state index contributed by atoms with van der Waals surface area (Å²) in [6.07, 6.45) is 5.42. The first kappa shape index (κ1) is 14.2. The highest BCUT2D eigenvalue weighted by Crippen LogP contribution is 2.16. The van der Waals surface area contributed by atoms with Crippen LogP contribution in [0.4, 0.5) is 0 Å². The fourth-order valence-electron chi connectivity index (χ4n) is 1.63. The highest BCUT2D eigenvalue weighted by molar-refractivity contribution is 5.89. The molecule has 2 nitrogen and oxygen atoms in total. The van der Waals surface area contributed by atoms with Crippen molar-refractivity contribution in [3.63, 3.8) is 0 Å². The molecule has 0 saturated heterocycles. The number of allylic oxidation sites excluding steroid dienone is 1. The smallest absolute Gasteiger partial charge is 0.333 e. The lowest BCUT2D eigenvalue weighted by atomic mass is 10.0. The average molecular weight is 212 g/mol. The summed E-state index contributed by atoms with van der Waals surface area (Å²) in [5.41, 5.74) is 2.07. The van der Waals surface area contributed by atoms with E-state index < -0.39 is 0 Å². The largest absolute Gasteiger partial charge is 0.463 e. The molecule has 0 spiro atoms. The van der Waals surface area contributed by atoms with Gasteiger partial charge in [-0.05, 0) is 33.1 Å². The summed E-state index contributed by atoms with van der Waals surface area (Å²) < 4.78 is 5.03. The molecule has 0 aliphatic carbocycles. The molecule has 0 aromatic heterocycles. The Morgan fingerprint density at radius 1 is 1.13 bits per heavy atom. The molecule has 0 amide bonds. The van der Waals surface area contributed by atoms with E-state index in [4.69, 9.17) is 4.74 Å². The highest BCUT2D eigenvalue weighted by Gasteiger charge is 2.11. The van der Waals surface area contributed by atoms with Crippen LogP contribution in [0.2, 0.25) is 0 Å². The van der Waals surface area contributed by atoms with Gasteiger partial charge in [-0.2, -0.15) is 0 Å². The second kappa shape index (κ2) is 8.51. The van der Waals surface area contributed by atoms with Crippen molar-refractivity contribution in [2.75, 3.05) is 6.61 Å². The molecule has 15 heavy (non-hydrogen) atoms. The summed E-state index contributed by atoms with van der Waals surface area (Å²) in [4.78, 5) is 11.6. The number of ether oxygens (including phenoxy) is 1. The van der Waals surface area contributed by atoms with Gasteiger partial charge in [-0.1, -0.05) is 32.3 Å². The van der Waals surface area contributed by atoms with Crippen molar-refractivity contribution < 1.29 is 9.53 Å². The summed E-state index contributed by atoms with van der Waals surface area (Å²) in [7, 11) is 0. The van der Waals surface area contributed by atoms with E-state index in [0.717, 1.165) is 18.4 Å². The Morgan fingerprint density at radius 3 is 2.27 bits per heavy atom. The molecule has 0 radical (unpaired) electrons. The number of hydrogen-bond donors (Lipinski definition) is 0. The molecule has 0 heterocycles. The van der Waals surface area contributed by atoms with Gasteiger partial charge in [0.1, 0.15) is 0 Å². The van der Waals surface area contributed by atoms with Gasteiger partial charge in [-0.25, -0.2) is 4.79 Å². The maximum absolute atomic E-state index is 11.6. The third kappa shape index (κ3) is 5.60. The summed E-state index contributed by atoms with van der Waals surface area (Å²) in [5.74, 6) is -0.131. The first-order valence-corrected chi connectivity index (χ1v) is 6.03. The third-order valence-electron chi connectivity index (χ3n) is 2.55. The van der Waals surface area contributed by atoms with E-state index in [2.05, 4.69) is 6.92 Å². The Hall–Kier alpha value is -0.790. The summed E-state index contributed by atoms with van der Waals surface area (Å²) >= 11 is 0. The molecule has 0 saturated carbocycles. The van der Waals surface area contributed by atoms with Crippen LogP contribution >= 0.6 is 0 Å². The predicted molar refractivity (Wildman–Crippen MR) is 63.8 cm³/mol. The zero-order valence-electron chi connectivity index (χ0n) is 10.6. The van der Waals surface area contributed by atoms with Crippen LogP contribution in [0.15, 0.2) is 11.1 Å². The number of rotatable bonds is 7. The van der Waals surface area contributed by atoms with E-state index in [1.807, 2.05) is 20.8 Å². The van der Waals surface area contributed by atoms with E-state index >= 15 is 0 Å². The van der Waals surface area contributed by atoms with Crippen molar-refractivity contribution in [1.82, 2.24) is 0 Å². The van der Waals surface area contributed by atoms with E-state index in [0.29, 0.717) is 6.61 Å². The van der Waals surface area contributed by atoms with Crippen molar-refractivity contribution in [2.24, 2.45) is 0 Å². The summed E-state index contributed by atoms with van der Waals surface area (Å²) in [6.45, 7) is 8.55. The Bertz CT molecular complexity index is 217. The lowest BCUT2D eigenvalue weighted by Crippen LogP contribution is -2.09. The fraction of sp³-hybridized carbons (Fsp3) is 0.769. The van der Waals surface area contributed by atoms with Crippen molar-refractivity contribution in [3.8, 4) is 0 Å². The van der Waals surface area contributed by atoms with Gasteiger partial charge in [-0.3, -0.25) is 0 Å².